The molecular formula is C14H30O2. The smallest absolute Gasteiger partial charge is 0.0621 e. The molecule has 0 bridgehead atoms. The first kappa shape index (κ1) is 15.9. The van der Waals surface area contributed by atoms with Crippen LogP contribution in [0.5, 0.6) is 0 Å². The average Bonchev–Trinajstić information content (AvgIpc) is 2.30. The molecule has 0 aromatic rings. The topological polar surface area (TPSA) is 18.5 Å². The number of ether oxygens (including phenoxy) is 2. The van der Waals surface area contributed by atoms with Crippen LogP contribution >= 0.6 is 0 Å². The molecule has 0 saturated carbocycles. The molecule has 0 saturated heterocycles. The van der Waals surface area contributed by atoms with E-state index >= 15 is 0 Å². The zero-order chi connectivity index (χ0) is 12.2. The van der Waals surface area contributed by atoms with E-state index in [0.29, 0.717) is 12.0 Å². The standard InChI is InChI=1S/C14H30O2/c1-5-7-9-10-13(12-15-3)14(16-4)11-8-6-2/h13-14H,5-12H2,1-4H3. The minimum atomic E-state index is 0.386. The van der Waals surface area contributed by atoms with E-state index < -0.39 is 0 Å². The second kappa shape index (κ2) is 11.4. The molecular weight excluding hydrogens is 200 g/mol. The van der Waals surface area contributed by atoms with E-state index in [9.17, 15) is 0 Å². The van der Waals surface area contributed by atoms with Crippen LogP contribution in [0.1, 0.15) is 58.8 Å². The van der Waals surface area contributed by atoms with Gasteiger partial charge in [-0.1, -0.05) is 46.0 Å². The van der Waals surface area contributed by atoms with Crippen molar-refractivity contribution in [2.45, 2.75) is 64.9 Å². The van der Waals surface area contributed by atoms with Crippen LogP contribution in [0.2, 0.25) is 0 Å². The summed E-state index contributed by atoms with van der Waals surface area (Å²) in [6.07, 6.45) is 9.21. The van der Waals surface area contributed by atoms with Crippen molar-refractivity contribution in [1.82, 2.24) is 0 Å². The molecule has 2 nitrogen and oxygen atoms in total. The minimum absolute atomic E-state index is 0.386. The van der Waals surface area contributed by atoms with Crippen molar-refractivity contribution < 1.29 is 9.47 Å². The molecule has 2 unspecified atom stereocenters. The highest BCUT2D eigenvalue weighted by atomic mass is 16.5. The quantitative estimate of drug-likeness (QED) is 0.499. The van der Waals surface area contributed by atoms with Crippen LogP contribution in [-0.2, 0) is 9.47 Å². The van der Waals surface area contributed by atoms with Gasteiger partial charge in [-0.15, -0.1) is 0 Å². The number of methoxy groups -OCH3 is 2. The Morgan fingerprint density at radius 1 is 0.875 bits per heavy atom. The van der Waals surface area contributed by atoms with Gasteiger partial charge in [0.05, 0.1) is 12.7 Å². The molecule has 0 radical (unpaired) electrons. The molecule has 0 aliphatic carbocycles. The number of hydrogen-bond donors (Lipinski definition) is 0. The molecule has 0 aromatic heterocycles. The highest BCUT2D eigenvalue weighted by Crippen LogP contribution is 2.21. The van der Waals surface area contributed by atoms with Crippen molar-refractivity contribution in [2.24, 2.45) is 5.92 Å². The fourth-order valence-electron chi connectivity index (χ4n) is 2.20. The SMILES string of the molecule is CCCCCC(COC)C(CCCC)OC. The maximum absolute atomic E-state index is 5.62. The first-order valence-corrected chi connectivity index (χ1v) is 6.81. The summed E-state index contributed by atoms with van der Waals surface area (Å²) in [5.74, 6) is 0.577. The van der Waals surface area contributed by atoms with Gasteiger partial charge in [-0.2, -0.15) is 0 Å². The molecule has 98 valence electrons. The number of hydrogen-bond acceptors (Lipinski definition) is 2. The molecule has 16 heavy (non-hydrogen) atoms. The Labute approximate surface area is 102 Å². The molecule has 0 N–H and O–H groups in total. The highest BCUT2D eigenvalue weighted by Gasteiger charge is 2.20. The number of rotatable bonds is 11. The van der Waals surface area contributed by atoms with Gasteiger partial charge in [-0.25, -0.2) is 0 Å². The van der Waals surface area contributed by atoms with Crippen molar-refractivity contribution in [3.63, 3.8) is 0 Å². The summed E-state index contributed by atoms with van der Waals surface area (Å²) in [6, 6.07) is 0. The minimum Gasteiger partial charge on any atom is -0.384 e. The van der Waals surface area contributed by atoms with Gasteiger partial charge < -0.3 is 9.47 Å². The Bertz CT molecular complexity index is 137. The second-order valence-electron chi connectivity index (χ2n) is 4.63. The summed E-state index contributed by atoms with van der Waals surface area (Å²) in [5.41, 5.74) is 0. The second-order valence-corrected chi connectivity index (χ2v) is 4.63. The predicted octanol–water partition coefficient (Wildman–Crippen LogP) is 4.03. The maximum atomic E-state index is 5.62. The Kier molecular flexibility index (Phi) is 11.3. The van der Waals surface area contributed by atoms with Crippen molar-refractivity contribution in [1.29, 1.82) is 0 Å². The average molecular weight is 230 g/mol. The largest absolute Gasteiger partial charge is 0.384 e. The normalized spacial score (nSPS) is 15.0. The molecule has 0 amide bonds. The molecule has 2 atom stereocenters. The lowest BCUT2D eigenvalue weighted by molar-refractivity contribution is 0.00396. The third-order valence-corrected chi connectivity index (χ3v) is 3.23. The van der Waals surface area contributed by atoms with Crippen molar-refractivity contribution in [2.75, 3.05) is 20.8 Å². The van der Waals surface area contributed by atoms with E-state index in [4.69, 9.17) is 9.47 Å². The van der Waals surface area contributed by atoms with Gasteiger partial charge in [-0.3, -0.25) is 0 Å². The molecule has 0 aliphatic rings. The maximum Gasteiger partial charge on any atom is 0.0621 e. The predicted molar refractivity (Wildman–Crippen MR) is 69.8 cm³/mol. The van der Waals surface area contributed by atoms with Crippen molar-refractivity contribution in [3.05, 3.63) is 0 Å². The monoisotopic (exact) mass is 230 g/mol. The third kappa shape index (κ3) is 7.24. The van der Waals surface area contributed by atoms with Crippen LogP contribution in [0.4, 0.5) is 0 Å². The van der Waals surface area contributed by atoms with Crippen LogP contribution in [0, 0.1) is 5.92 Å². The molecule has 2 heteroatoms. The lowest BCUT2D eigenvalue weighted by atomic mass is 9.93. The van der Waals surface area contributed by atoms with Gasteiger partial charge in [-0.05, 0) is 12.8 Å². The summed E-state index contributed by atoms with van der Waals surface area (Å²) in [4.78, 5) is 0. The zero-order valence-corrected chi connectivity index (χ0v) is 11.6. The van der Waals surface area contributed by atoms with Gasteiger partial charge in [0.1, 0.15) is 0 Å². The summed E-state index contributed by atoms with van der Waals surface area (Å²) >= 11 is 0. The Balaban J connectivity index is 4.00. The fraction of sp³-hybridized carbons (Fsp3) is 1.00. The summed E-state index contributed by atoms with van der Waals surface area (Å²) in [6.45, 7) is 5.32. The third-order valence-electron chi connectivity index (χ3n) is 3.23. The van der Waals surface area contributed by atoms with E-state index in [0.717, 1.165) is 6.61 Å². The fourth-order valence-corrected chi connectivity index (χ4v) is 2.20. The first-order valence-electron chi connectivity index (χ1n) is 6.81. The van der Waals surface area contributed by atoms with E-state index in [-0.39, 0.29) is 0 Å². The summed E-state index contributed by atoms with van der Waals surface area (Å²) in [7, 11) is 3.63. The van der Waals surface area contributed by atoms with E-state index in [2.05, 4.69) is 13.8 Å². The molecule has 0 spiro atoms. The van der Waals surface area contributed by atoms with Crippen molar-refractivity contribution in [3.8, 4) is 0 Å². The van der Waals surface area contributed by atoms with Crippen LogP contribution in [0.15, 0.2) is 0 Å². The van der Waals surface area contributed by atoms with Crippen molar-refractivity contribution >= 4 is 0 Å². The number of unbranched alkanes of at least 4 members (excludes halogenated alkanes) is 3. The van der Waals surface area contributed by atoms with E-state index in [1.54, 1.807) is 7.11 Å². The zero-order valence-electron chi connectivity index (χ0n) is 11.6. The van der Waals surface area contributed by atoms with Gasteiger partial charge in [0.25, 0.3) is 0 Å². The van der Waals surface area contributed by atoms with Crippen LogP contribution in [0.3, 0.4) is 0 Å². The van der Waals surface area contributed by atoms with Gasteiger partial charge in [0.2, 0.25) is 0 Å². The van der Waals surface area contributed by atoms with E-state index in [1.165, 1.54) is 44.9 Å². The highest BCUT2D eigenvalue weighted by molar-refractivity contribution is 4.70. The lowest BCUT2D eigenvalue weighted by Crippen LogP contribution is -2.26. The molecule has 0 rings (SSSR count). The summed E-state index contributed by atoms with van der Waals surface area (Å²) < 4.78 is 10.9. The van der Waals surface area contributed by atoms with Gasteiger partial charge in [0, 0.05) is 20.1 Å². The van der Waals surface area contributed by atoms with E-state index in [1.807, 2.05) is 7.11 Å². The van der Waals surface area contributed by atoms with Gasteiger partial charge in [0.15, 0.2) is 0 Å². The van der Waals surface area contributed by atoms with Crippen LogP contribution in [-0.4, -0.2) is 26.9 Å². The first-order chi connectivity index (χ1) is 7.79. The Hall–Kier alpha value is -0.0800. The van der Waals surface area contributed by atoms with Crippen LogP contribution in [0.25, 0.3) is 0 Å². The lowest BCUT2D eigenvalue weighted by Gasteiger charge is -2.25. The molecule has 0 fully saturated rings. The Morgan fingerprint density at radius 3 is 2.06 bits per heavy atom. The van der Waals surface area contributed by atoms with Crippen LogP contribution < -0.4 is 0 Å². The molecule has 0 aromatic carbocycles. The van der Waals surface area contributed by atoms with Gasteiger partial charge >= 0.3 is 0 Å². The molecule has 0 aliphatic heterocycles. The molecule has 0 heterocycles. The summed E-state index contributed by atoms with van der Waals surface area (Å²) in [5, 5.41) is 0. The Morgan fingerprint density at radius 2 is 1.56 bits per heavy atom.